The van der Waals surface area contributed by atoms with Gasteiger partial charge in [-0.25, -0.2) is 28.4 Å². The van der Waals surface area contributed by atoms with Crippen molar-refractivity contribution in [2.75, 3.05) is 49.7 Å². The van der Waals surface area contributed by atoms with Crippen LogP contribution in [0.15, 0.2) is 18.5 Å². The molecule has 2 N–H and O–H groups in total. The van der Waals surface area contributed by atoms with Crippen molar-refractivity contribution in [3.05, 3.63) is 23.3 Å². The van der Waals surface area contributed by atoms with Crippen LogP contribution in [0.4, 0.5) is 11.8 Å². The number of anilines is 2. The largest absolute Gasteiger partial charge is 0.378 e. The van der Waals surface area contributed by atoms with Crippen LogP contribution >= 0.6 is 11.3 Å². The number of nitrogens with two attached hydrogens (primary N) is 1. The minimum atomic E-state index is -3.33. The summed E-state index contributed by atoms with van der Waals surface area (Å²) < 4.78 is 33.0. The summed E-state index contributed by atoms with van der Waals surface area (Å²) in [6.07, 6.45) is 3.21. The lowest BCUT2D eigenvalue weighted by atomic mass is 10.3. The van der Waals surface area contributed by atoms with Gasteiger partial charge in [0.2, 0.25) is 16.0 Å². The van der Waals surface area contributed by atoms with Gasteiger partial charge in [0.15, 0.2) is 11.6 Å². The lowest BCUT2D eigenvalue weighted by Crippen LogP contribution is -2.36. The number of fused-ring (bicyclic) bond motifs is 1. The number of aromatic nitrogens is 4. The van der Waals surface area contributed by atoms with Gasteiger partial charge in [-0.15, -0.1) is 11.3 Å². The molecule has 0 aromatic carbocycles. The van der Waals surface area contributed by atoms with E-state index < -0.39 is 10.0 Å². The van der Waals surface area contributed by atoms with Gasteiger partial charge < -0.3 is 15.4 Å². The molecule has 0 radical (unpaired) electrons. The lowest BCUT2D eigenvalue weighted by molar-refractivity contribution is 0.122. The number of hydrogen-bond acceptors (Lipinski definition) is 10. The van der Waals surface area contributed by atoms with Gasteiger partial charge in [-0.3, -0.25) is 0 Å². The fourth-order valence-corrected chi connectivity index (χ4v) is 6.16. The highest BCUT2D eigenvalue weighted by Gasteiger charge is 2.23. The Balaban J connectivity index is 1.73. The fraction of sp³-hybridized carbons (Fsp3) is 0.500. The molecule has 4 heterocycles. The highest BCUT2D eigenvalue weighted by molar-refractivity contribution is 7.89. The molecule has 10 nitrogen and oxygen atoms in total. The van der Waals surface area contributed by atoms with Gasteiger partial charge in [0.1, 0.15) is 0 Å². The molecule has 0 spiro atoms. The van der Waals surface area contributed by atoms with Crippen molar-refractivity contribution in [3.63, 3.8) is 0 Å². The van der Waals surface area contributed by atoms with Crippen LogP contribution in [0.25, 0.3) is 21.6 Å². The SMILES string of the molecule is CC(C)CS(=O)(=O)N(C)Cc1cc2nc(-c3cnc(N)nc3)nc(N3CCOCC3)c2s1. The summed E-state index contributed by atoms with van der Waals surface area (Å²) in [6.45, 7) is 6.79. The first kappa shape index (κ1) is 22.8. The quantitative estimate of drug-likeness (QED) is 0.543. The third-order valence-corrected chi connectivity index (χ3v) is 8.31. The zero-order chi connectivity index (χ0) is 22.9. The van der Waals surface area contributed by atoms with Crippen molar-refractivity contribution < 1.29 is 13.2 Å². The van der Waals surface area contributed by atoms with Crippen LogP contribution in [-0.2, 0) is 21.3 Å². The van der Waals surface area contributed by atoms with E-state index in [1.165, 1.54) is 15.6 Å². The van der Waals surface area contributed by atoms with Gasteiger partial charge >= 0.3 is 0 Å². The minimum absolute atomic E-state index is 0.0633. The van der Waals surface area contributed by atoms with Crippen LogP contribution in [0, 0.1) is 5.92 Å². The summed E-state index contributed by atoms with van der Waals surface area (Å²) in [7, 11) is -1.71. The average molecular weight is 478 g/mol. The molecule has 0 amide bonds. The van der Waals surface area contributed by atoms with Crippen LogP contribution in [0.5, 0.6) is 0 Å². The standard InChI is InChI=1S/C20H27N7O3S2/c1-13(2)12-32(28,29)26(3)11-15-8-16-17(31-15)19(27-4-6-30-7-5-27)25-18(24-16)14-9-22-20(21)23-10-14/h8-10,13H,4-7,11-12H2,1-3H3,(H2,21,22,23). The summed E-state index contributed by atoms with van der Waals surface area (Å²) in [5, 5.41) is 0. The molecule has 12 heteroatoms. The van der Waals surface area contributed by atoms with E-state index in [0.29, 0.717) is 31.1 Å². The molecule has 32 heavy (non-hydrogen) atoms. The van der Waals surface area contributed by atoms with Crippen molar-refractivity contribution in [3.8, 4) is 11.4 Å². The van der Waals surface area contributed by atoms with E-state index >= 15 is 0 Å². The Kier molecular flexibility index (Phi) is 6.56. The van der Waals surface area contributed by atoms with Gasteiger partial charge in [-0.05, 0) is 12.0 Å². The van der Waals surface area contributed by atoms with Gasteiger partial charge in [0.25, 0.3) is 0 Å². The minimum Gasteiger partial charge on any atom is -0.378 e. The fourth-order valence-electron chi connectivity index (χ4n) is 3.48. The van der Waals surface area contributed by atoms with Crippen LogP contribution in [-0.4, -0.2) is 71.8 Å². The first-order valence-corrected chi connectivity index (χ1v) is 12.8. The smallest absolute Gasteiger partial charge is 0.219 e. The zero-order valence-electron chi connectivity index (χ0n) is 18.4. The second kappa shape index (κ2) is 9.22. The highest BCUT2D eigenvalue weighted by Crippen LogP contribution is 2.35. The molecule has 3 aromatic rings. The molecule has 1 fully saturated rings. The summed E-state index contributed by atoms with van der Waals surface area (Å²) in [5.41, 5.74) is 7.05. The van der Waals surface area contributed by atoms with E-state index in [1.807, 2.05) is 19.9 Å². The molecule has 1 aliphatic rings. The first-order valence-electron chi connectivity index (χ1n) is 10.4. The average Bonchev–Trinajstić information content (AvgIpc) is 3.15. The van der Waals surface area contributed by atoms with E-state index in [4.69, 9.17) is 20.4 Å². The molecule has 0 saturated carbocycles. The van der Waals surface area contributed by atoms with Crippen LogP contribution in [0.2, 0.25) is 0 Å². The van der Waals surface area contributed by atoms with E-state index in [2.05, 4.69) is 14.9 Å². The number of morpholine rings is 1. The number of ether oxygens (including phenoxy) is 1. The Bertz CT molecular complexity index is 1190. The number of sulfonamides is 1. The lowest BCUT2D eigenvalue weighted by Gasteiger charge is -2.28. The number of nitrogens with zero attached hydrogens (tertiary/aromatic N) is 6. The highest BCUT2D eigenvalue weighted by atomic mass is 32.2. The zero-order valence-corrected chi connectivity index (χ0v) is 20.0. The summed E-state index contributed by atoms with van der Waals surface area (Å²) in [4.78, 5) is 20.7. The molecule has 1 aliphatic heterocycles. The topological polar surface area (TPSA) is 127 Å². The molecule has 4 rings (SSSR count). The van der Waals surface area contributed by atoms with Crippen LogP contribution < -0.4 is 10.6 Å². The van der Waals surface area contributed by atoms with E-state index in [9.17, 15) is 8.42 Å². The van der Waals surface area contributed by atoms with E-state index in [0.717, 1.165) is 34.0 Å². The Morgan fingerprint density at radius 3 is 2.56 bits per heavy atom. The van der Waals surface area contributed by atoms with E-state index in [-0.39, 0.29) is 17.6 Å². The Labute approximate surface area is 191 Å². The van der Waals surface area contributed by atoms with Crippen molar-refractivity contribution in [2.45, 2.75) is 20.4 Å². The molecular formula is C20H27N7O3S2. The third kappa shape index (κ3) is 4.98. The Morgan fingerprint density at radius 1 is 1.22 bits per heavy atom. The monoisotopic (exact) mass is 477 g/mol. The molecule has 0 aliphatic carbocycles. The van der Waals surface area contributed by atoms with Gasteiger partial charge in [-0.1, -0.05) is 13.8 Å². The molecular weight excluding hydrogens is 450 g/mol. The van der Waals surface area contributed by atoms with Crippen LogP contribution in [0.3, 0.4) is 0 Å². The normalized spacial score (nSPS) is 15.2. The second-order valence-electron chi connectivity index (χ2n) is 8.16. The molecule has 0 bridgehead atoms. The Hall–Kier alpha value is -2.41. The number of nitrogen functional groups attached to an aromatic ring is 1. The summed E-state index contributed by atoms with van der Waals surface area (Å²) in [5.74, 6) is 1.69. The maximum atomic E-state index is 12.6. The predicted molar refractivity (Wildman–Crippen MR) is 126 cm³/mol. The van der Waals surface area contributed by atoms with Crippen molar-refractivity contribution >= 4 is 43.3 Å². The van der Waals surface area contributed by atoms with Gasteiger partial charge in [0, 0.05) is 44.0 Å². The van der Waals surface area contributed by atoms with Gasteiger partial charge in [-0.2, -0.15) is 4.31 Å². The third-order valence-electron chi connectivity index (χ3n) is 5.04. The second-order valence-corrected chi connectivity index (χ2v) is 11.4. The summed E-state index contributed by atoms with van der Waals surface area (Å²) >= 11 is 1.52. The van der Waals surface area contributed by atoms with Crippen molar-refractivity contribution in [1.82, 2.24) is 24.2 Å². The Morgan fingerprint density at radius 2 is 1.91 bits per heavy atom. The molecule has 3 aromatic heterocycles. The maximum Gasteiger partial charge on any atom is 0.219 e. The molecule has 172 valence electrons. The van der Waals surface area contributed by atoms with Gasteiger partial charge in [0.05, 0.1) is 34.7 Å². The van der Waals surface area contributed by atoms with Crippen molar-refractivity contribution in [2.24, 2.45) is 5.92 Å². The number of rotatable bonds is 7. The molecule has 0 atom stereocenters. The maximum absolute atomic E-state index is 12.6. The molecule has 1 saturated heterocycles. The van der Waals surface area contributed by atoms with E-state index in [1.54, 1.807) is 19.4 Å². The van der Waals surface area contributed by atoms with Crippen molar-refractivity contribution in [1.29, 1.82) is 0 Å². The van der Waals surface area contributed by atoms with Crippen LogP contribution in [0.1, 0.15) is 18.7 Å². The molecule has 0 unspecified atom stereocenters. The first-order chi connectivity index (χ1) is 15.2. The predicted octanol–water partition coefficient (Wildman–Crippen LogP) is 1.98. The number of hydrogen-bond donors (Lipinski definition) is 1. The summed E-state index contributed by atoms with van der Waals surface area (Å²) in [6, 6.07) is 1.94. The number of thiophene rings is 1.